The molecule has 0 aliphatic carbocycles. The average molecular weight is 615 g/mol. The number of aromatic nitrogens is 4. The molecule has 0 atom stereocenters. The Morgan fingerprint density at radius 3 is 2.52 bits per heavy atom. The van der Waals surface area contributed by atoms with E-state index in [0.29, 0.717) is 59.5 Å². The molecule has 1 saturated heterocycles. The average Bonchev–Trinajstić information content (AvgIpc) is 3.60. The molecular formula is C32H28F2N6O3S. The van der Waals surface area contributed by atoms with Gasteiger partial charge in [-0.1, -0.05) is 12.1 Å². The van der Waals surface area contributed by atoms with Crippen LogP contribution in [0.15, 0.2) is 63.3 Å². The lowest BCUT2D eigenvalue weighted by Crippen LogP contribution is -2.36. The molecule has 44 heavy (non-hydrogen) atoms. The number of nitrogens with zero attached hydrogens (tertiary/aromatic N) is 5. The van der Waals surface area contributed by atoms with Crippen molar-refractivity contribution in [3.05, 3.63) is 81.7 Å². The summed E-state index contributed by atoms with van der Waals surface area (Å²) in [6.07, 6.45) is 1.07. The van der Waals surface area contributed by atoms with Gasteiger partial charge in [-0.15, -0.1) is 11.3 Å². The van der Waals surface area contributed by atoms with Crippen LogP contribution in [0, 0.1) is 18.6 Å². The predicted octanol–water partition coefficient (Wildman–Crippen LogP) is 7.08. The Kier molecular flexibility index (Phi) is 7.10. The van der Waals surface area contributed by atoms with Crippen molar-refractivity contribution in [2.45, 2.75) is 26.8 Å². The second-order valence-electron chi connectivity index (χ2n) is 10.9. The van der Waals surface area contributed by atoms with E-state index in [1.165, 1.54) is 17.4 Å². The minimum Gasteiger partial charge on any atom is -0.439 e. The molecule has 1 N–H and O–H groups in total. The summed E-state index contributed by atoms with van der Waals surface area (Å²) in [6.45, 7) is 8.27. The highest BCUT2D eigenvalue weighted by Gasteiger charge is 2.20. The van der Waals surface area contributed by atoms with Crippen molar-refractivity contribution in [1.82, 2.24) is 19.5 Å². The monoisotopic (exact) mass is 614 g/mol. The first-order valence-corrected chi connectivity index (χ1v) is 15.1. The van der Waals surface area contributed by atoms with Gasteiger partial charge in [0.1, 0.15) is 21.7 Å². The molecule has 1 fully saturated rings. The zero-order valence-corrected chi connectivity index (χ0v) is 25.0. The van der Waals surface area contributed by atoms with Crippen LogP contribution in [0.25, 0.3) is 43.7 Å². The molecule has 0 amide bonds. The first-order valence-electron chi connectivity index (χ1n) is 14.2. The lowest BCUT2D eigenvalue weighted by Gasteiger charge is -2.27. The minimum absolute atomic E-state index is 0.0232. The number of imidazole rings is 1. The first kappa shape index (κ1) is 28.1. The zero-order valence-electron chi connectivity index (χ0n) is 24.2. The number of anilines is 3. The molecule has 12 heteroatoms. The molecule has 0 spiro atoms. The highest BCUT2D eigenvalue weighted by atomic mass is 32.1. The number of halogens is 2. The number of hydrogen-bond acceptors (Lipinski definition) is 9. The quantitative estimate of drug-likeness (QED) is 0.213. The van der Waals surface area contributed by atoms with E-state index >= 15 is 4.39 Å². The maximum atomic E-state index is 15.1. The lowest BCUT2D eigenvalue weighted by atomic mass is 10.1. The van der Waals surface area contributed by atoms with E-state index in [9.17, 15) is 9.18 Å². The summed E-state index contributed by atoms with van der Waals surface area (Å²) in [7, 11) is 0. The molecule has 0 radical (unpaired) electrons. The molecule has 0 saturated carbocycles. The van der Waals surface area contributed by atoms with E-state index < -0.39 is 11.6 Å². The first-order chi connectivity index (χ1) is 21.3. The van der Waals surface area contributed by atoms with Gasteiger partial charge in [0.2, 0.25) is 11.4 Å². The van der Waals surface area contributed by atoms with Crippen molar-refractivity contribution in [2.75, 3.05) is 36.5 Å². The van der Waals surface area contributed by atoms with Crippen molar-refractivity contribution >= 4 is 50.2 Å². The normalized spacial score (nSPS) is 13.8. The zero-order chi connectivity index (χ0) is 30.5. The smallest absolute Gasteiger partial charge is 0.227 e. The predicted molar refractivity (Wildman–Crippen MR) is 168 cm³/mol. The summed E-state index contributed by atoms with van der Waals surface area (Å²) in [4.78, 5) is 27.7. The standard InChI is InChI=1S/C32H28F2N6O3S/c1-17(2)40-18(3)36-29-23(33)12-20(13-25(29)40)28-24(34)15-35-32(38-28)37-21-6-4-19(5-7-21)22-16-44-31-26(41)14-27(43-30(22)31)39-8-10-42-11-9-39/h4-7,12-17H,8-11H2,1-3H3,(H,35,37,38). The van der Waals surface area contributed by atoms with E-state index in [-0.39, 0.29) is 34.2 Å². The fraction of sp³-hybridized carbons (Fsp3) is 0.250. The third-order valence-electron chi connectivity index (χ3n) is 7.66. The van der Waals surface area contributed by atoms with Crippen LogP contribution in [0.5, 0.6) is 0 Å². The van der Waals surface area contributed by atoms with Crippen molar-refractivity contribution in [2.24, 2.45) is 0 Å². The van der Waals surface area contributed by atoms with Crippen molar-refractivity contribution in [3.63, 3.8) is 0 Å². The van der Waals surface area contributed by atoms with Crippen molar-refractivity contribution in [1.29, 1.82) is 0 Å². The highest BCUT2D eigenvalue weighted by Crippen LogP contribution is 2.36. The van der Waals surface area contributed by atoms with Crippen LogP contribution in [0.2, 0.25) is 0 Å². The Morgan fingerprint density at radius 2 is 1.77 bits per heavy atom. The molecule has 2 aromatic carbocycles. The summed E-state index contributed by atoms with van der Waals surface area (Å²) in [6, 6.07) is 12.0. The molecule has 9 nitrogen and oxygen atoms in total. The van der Waals surface area contributed by atoms with E-state index in [1.54, 1.807) is 12.1 Å². The molecule has 6 aromatic rings. The van der Waals surface area contributed by atoms with E-state index in [0.717, 1.165) is 17.3 Å². The van der Waals surface area contributed by atoms with E-state index in [1.807, 2.05) is 59.9 Å². The summed E-state index contributed by atoms with van der Waals surface area (Å²) in [5.74, 6) is 0.160. The number of thiophene rings is 1. The SMILES string of the molecule is Cc1nc2c(F)cc(-c3nc(Nc4ccc(-c5csc6c(=O)cc(N7CCOCC7)oc56)cc4)ncc3F)cc2n1C(C)C. The molecular weight excluding hydrogens is 586 g/mol. The summed E-state index contributed by atoms with van der Waals surface area (Å²) < 4.78 is 44.2. The number of benzene rings is 2. The van der Waals surface area contributed by atoms with E-state index in [4.69, 9.17) is 9.15 Å². The van der Waals surface area contributed by atoms with Gasteiger partial charge in [-0.25, -0.2) is 23.7 Å². The van der Waals surface area contributed by atoms with Gasteiger partial charge in [-0.3, -0.25) is 4.79 Å². The molecule has 7 rings (SSSR count). The van der Waals surface area contributed by atoms with Crippen LogP contribution in [-0.4, -0.2) is 45.8 Å². The fourth-order valence-electron chi connectivity index (χ4n) is 5.62. The van der Waals surface area contributed by atoms with Gasteiger partial charge in [0.05, 0.1) is 24.9 Å². The Labute approximate surface area is 254 Å². The van der Waals surface area contributed by atoms with Crippen LogP contribution in [0.1, 0.15) is 25.7 Å². The van der Waals surface area contributed by atoms with Crippen molar-refractivity contribution in [3.8, 4) is 22.4 Å². The van der Waals surface area contributed by atoms with Crippen LogP contribution in [0.3, 0.4) is 0 Å². The maximum absolute atomic E-state index is 15.1. The number of nitrogens with one attached hydrogen (secondary N) is 1. The van der Waals surface area contributed by atoms with Crippen LogP contribution in [-0.2, 0) is 4.74 Å². The van der Waals surface area contributed by atoms with Gasteiger partial charge >= 0.3 is 0 Å². The second kappa shape index (κ2) is 11.1. The van der Waals surface area contributed by atoms with Gasteiger partial charge in [0.25, 0.3) is 0 Å². The molecule has 1 aliphatic rings. The third kappa shape index (κ3) is 4.99. The highest BCUT2D eigenvalue weighted by molar-refractivity contribution is 7.17. The van der Waals surface area contributed by atoms with Gasteiger partial charge in [0, 0.05) is 47.4 Å². The number of fused-ring (bicyclic) bond motifs is 2. The number of morpholine rings is 1. The van der Waals surface area contributed by atoms with Gasteiger partial charge in [0.15, 0.2) is 23.1 Å². The third-order valence-corrected chi connectivity index (χ3v) is 8.64. The maximum Gasteiger partial charge on any atom is 0.227 e. The topological polar surface area (TPSA) is 98.3 Å². The number of hydrogen-bond donors (Lipinski definition) is 1. The minimum atomic E-state index is -0.667. The Morgan fingerprint density at radius 1 is 1.00 bits per heavy atom. The van der Waals surface area contributed by atoms with Crippen molar-refractivity contribution < 1.29 is 17.9 Å². The Hall–Kier alpha value is -4.68. The number of rotatable bonds is 6. The summed E-state index contributed by atoms with van der Waals surface area (Å²) in [5.41, 5.74) is 3.90. The molecule has 0 bridgehead atoms. The molecule has 5 heterocycles. The Bertz CT molecular complexity index is 2080. The number of ether oxygens (including phenoxy) is 1. The van der Waals surface area contributed by atoms with Gasteiger partial charge in [-0.05, 0) is 50.6 Å². The van der Waals surface area contributed by atoms with Gasteiger partial charge < -0.3 is 23.9 Å². The fourth-order valence-corrected chi connectivity index (χ4v) is 6.53. The van der Waals surface area contributed by atoms with Gasteiger partial charge in [-0.2, -0.15) is 0 Å². The summed E-state index contributed by atoms with van der Waals surface area (Å²) in [5, 5.41) is 5.02. The van der Waals surface area contributed by atoms with E-state index in [2.05, 4.69) is 20.3 Å². The largest absolute Gasteiger partial charge is 0.439 e. The van der Waals surface area contributed by atoms with Crippen LogP contribution in [0.4, 0.5) is 26.3 Å². The van der Waals surface area contributed by atoms with Crippen LogP contribution < -0.4 is 15.6 Å². The lowest BCUT2D eigenvalue weighted by molar-refractivity contribution is 0.121. The summed E-state index contributed by atoms with van der Waals surface area (Å²) >= 11 is 1.35. The Balaban J connectivity index is 1.18. The molecule has 0 unspecified atom stereocenters. The number of aryl methyl sites for hydroxylation is 1. The second-order valence-corrected chi connectivity index (χ2v) is 11.8. The molecule has 224 valence electrons. The molecule has 4 aromatic heterocycles. The molecule has 1 aliphatic heterocycles. The van der Waals surface area contributed by atoms with Crippen LogP contribution >= 0.6 is 11.3 Å².